The van der Waals surface area contributed by atoms with Crippen molar-refractivity contribution < 1.29 is 4.79 Å². The zero-order valence-corrected chi connectivity index (χ0v) is 13.2. The van der Waals surface area contributed by atoms with Gasteiger partial charge in [-0.1, -0.05) is 58.0 Å². The number of thioether (sulfide) groups is 1. The number of hydrogen-bond donors (Lipinski definition) is 1. The van der Waals surface area contributed by atoms with Crippen molar-refractivity contribution in [1.82, 2.24) is 5.32 Å². The minimum absolute atomic E-state index is 0.147. The molecule has 1 aromatic rings. The molecule has 0 atom stereocenters. The van der Waals surface area contributed by atoms with Crippen LogP contribution in [0.1, 0.15) is 33.3 Å². The van der Waals surface area contributed by atoms with Gasteiger partial charge in [-0.3, -0.25) is 4.79 Å². The number of benzene rings is 1. The molecule has 106 valence electrons. The van der Waals surface area contributed by atoms with Crippen molar-refractivity contribution in [3.63, 3.8) is 0 Å². The Morgan fingerprint density at radius 3 is 2.21 bits per heavy atom. The van der Waals surface area contributed by atoms with Gasteiger partial charge in [0, 0.05) is 11.8 Å². The smallest absolute Gasteiger partial charge is 0.230 e. The fourth-order valence-corrected chi connectivity index (χ4v) is 2.97. The molecule has 0 spiro atoms. The topological polar surface area (TPSA) is 29.1 Å². The third-order valence-corrected chi connectivity index (χ3v) is 4.11. The highest BCUT2D eigenvalue weighted by Crippen LogP contribution is 2.14. The van der Waals surface area contributed by atoms with E-state index < -0.39 is 0 Å². The van der Waals surface area contributed by atoms with E-state index in [1.807, 2.05) is 18.2 Å². The Morgan fingerprint density at radius 2 is 1.68 bits per heavy atom. The molecule has 3 heteroatoms. The van der Waals surface area contributed by atoms with Crippen LogP contribution in [0, 0.1) is 11.8 Å². The molecular formula is C16H25NOS. The van der Waals surface area contributed by atoms with E-state index >= 15 is 0 Å². The second kappa shape index (κ2) is 8.26. The maximum absolute atomic E-state index is 11.9. The molecule has 0 unspecified atom stereocenters. The number of nitrogens with one attached hydrogen (secondary N) is 1. The number of carbonyl (C=O) groups excluding carboxylic acids is 1. The average Bonchev–Trinajstić information content (AvgIpc) is 2.36. The summed E-state index contributed by atoms with van der Waals surface area (Å²) in [6.07, 6.45) is 0. The molecule has 0 radical (unpaired) electrons. The molecular weight excluding hydrogens is 254 g/mol. The summed E-state index contributed by atoms with van der Waals surface area (Å²) >= 11 is 1.67. The summed E-state index contributed by atoms with van der Waals surface area (Å²) in [5.41, 5.74) is 1.27. The Balaban J connectivity index is 2.31. The standard InChI is InChI=1S/C16H25NOS/c1-12(2)16(13(3)4)17-15(18)11-19-10-14-8-6-5-7-9-14/h5-9,12-13,16H,10-11H2,1-4H3,(H,17,18). The van der Waals surface area contributed by atoms with Gasteiger partial charge in [0.1, 0.15) is 0 Å². The van der Waals surface area contributed by atoms with E-state index in [1.165, 1.54) is 5.56 Å². The highest BCUT2D eigenvalue weighted by molar-refractivity contribution is 7.99. The first-order valence-electron chi connectivity index (χ1n) is 6.91. The lowest BCUT2D eigenvalue weighted by molar-refractivity contribution is -0.119. The van der Waals surface area contributed by atoms with Crippen LogP contribution in [0.25, 0.3) is 0 Å². The van der Waals surface area contributed by atoms with E-state index in [0.717, 1.165) is 5.75 Å². The Morgan fingerprint density at radius 1 is 1.11 bits per heavy atom. The van der Waals surface area contributed by atoms with Gasteiger partial charge in [-0.2, -0.15) is 0 Å². The lowest BCUT2D eigenvalue weighted by Gasteiger charge is -2.26. The average molecular weight is 279 g/mol. The van der Waals surface area contributed by atoms with Crippen molar-refractivity contribution in [3.8, 4) is 0 Å². The number of amides is 1. The first kappa shape index (κ1) is 16.1. The van der Waals surface area contributed by atoms with Crippen molar-refractivity contribution in [1.29, 1.82) is 0 Å². The second-order valence-corrected chi connectivity index (χ2v) is 6.55. The fraction of sp³-hybridized carbons (Fsp3) is 0.562. The Hall–Kier alpha value is -0.960. The summed E-state index contributed by atoms with van der Waals surface area (Å²) in [6, 6.07) is 10.5. The van der Waals surface area contributed by atoms with E-state index in [2.05, 4.69) is 45.1 Å². The molecule has 1 rings (SSSR count). The van der Waals surface area contributed by atoms with Crippen LogP contribution < -0.4 is 5.32 Å². The van der Waals surface area contributed by atoms with Gasteiger partial charge in [0.15, 0.2) is 0 Å². The van der Waals surface area contributed by atoms with E-state index in [1.54, 1.807) is 11.8 Å². The fourth-order valence-electron chi connectivity index (χ4n) is 2.17. The van der Waals surface area contributed by atoms with Crippen molar-refractivity contribution in [2.24, 2.45) is 11.8 Å². The van der Waals surface area contributed by atoms with Crippen LogP contribution in [0.2, 0.25) is 0 Å². The zero-order chi connectivity index (χ0) is 14.3. The maximum Gasteiger partial charge on any atom is 0.230 e. The third kappa shape index (κ3) is 6.15. The van der Waals surface area contributed by atoms with Gasteiger partial charge in [-0.25, -0.2) is 0 Å². The monoisotopic (exact) mass is 279 g/mol. The van der Waals surface area contributed by atoms with E-state index in [-0.39, 0.29) is 11.9 Å². The molecule has 1 aromatic carbocycles. The molecule has 0 aromatic heterocycles. The SMILES string of the molecule is CC(C)C(NC(=O)CSCc1ccccc1)C(C)C. The van der Waals surface area contributed by atoms with Crippen molar-refractivity contribution in [3.05, 3.63) is 35.9 Å². The van der Waals surface area contributed by atoms with E-state index in [0.29, 0.717) is 17.6 Å². The Labute approximate surface area is 121 Å². The van der Waals surface area contributed by atoms with Gasteiger partial charge in [0.2, 0.25) is 5.91 Å². The van der Waals surface area contributed by atoms with Gasteiger partial charge in [-0.05, 0) is 17.4 Å². The predicted molar refractivity (Wildman–Crippen MR) is 84.2 cm³/mol. The van der Waals surface area contributed by atoms with Crippen LogP contribution in [-0.2, 0) is 10.5 Å². The van der Waals surface area contributed by atoms with Gasteiger partial charge >= 0.3 is 0 Å². The molecule has 0 aliphatic rings. The first-order chi connectivity index (χ1) is 9.00. The minimum Gasteiger partial charge on any atom is -0.352 e. The van der Waals surface area contributed by atoms with Crippen LogP contribution in [0.4, 0.5) is 0 Å². The molecule has 0 saturated carbocycles. The molecule has 1 N–H and O–H groups in total. The molecule has 1 amide bonds. The summed E-state index contributed by atoms with van der Waals surface area (Å²) < 4.78 is 0. The van der Waals surface area contributed by atoms with Gasteiger partial charge in [-0.15, -0.1) is 11.8 Å². The van der Waals surface area contributed by atoms with Gasteiger partial charge in [0.05, 0.1) is 5.75 Å². The second-order valence-electron chi connectivity index (χ2n) is 5.56. The number of carbonyl (C=O) groups is 1. The molecule has 0 heterocycles. The largest absolute Gasteiger partial charge is 0.352 e. The molecule has 0 bridgehead atoms. The van der Waals surface area contributed by atoms with Crippen LogP contribution >= 0.6 is 11.8 Å². The Bertz CT molecular complexity index is 368. The van der Waals surface area contributed by atoms with Gasteiger partial charge < -0.3 is 5.32 Å². The van der Waals surface area contributed by atoms with Crippen LogP contribution in [0.3, 0.4) is 0 Å². The summed E-state index contributed by atoms with van der Waals surface area (Å²) in [7, 11) is 0. The molecule has 0 fully saturated rings. The molecule has 19 heavy (non-hydrogen) atoms. The van der Waals surface area contributed by atoms with Crippen molar-refractivity contribution in [2.75, 3.05) is 5.75 Å². The molecule has 2 nitrogen and oxygen atoms in total. The summed E-state index contributed by atoms with van der Waals surface area (Å²) in [5, 5.41) is 3.14. The zero-order valence-electron chi connectivity index (χ0n) is 12.3. The lowest BCUT2D eigenvalue weighted by atomic mass is 9.93. The normalized spacial score (nSPS) is 11.3. The highest BCUT2D eigenvalue weighted by atomic mass is 32.2. The van der Waals surface area contributed by atoms with Crippen molar-refractivity contribution in [2.45, 2.75) is 39.5 Å². The van der Waals surface area contributed by atoms with Crippen LogP contribution in [0.5, 0.6) is 0 Å². The maximum atomic E-state index is 11.9. The van der Waals surface area contributed by atoms with Crippen LogP contribution in [-0.4, -0.2) is 17.7 Å². The summed E-state index contributed by atoms with van der Waals surface area (Å²) in [4.78, 5) is 11.9. The predicted octanol–water partition coefficient (Wildman–Crippen LogP) is 3.72. The minimum atomic E-state index is 0.147. The van der Waals surface area contributed by atoms with E-state index in [4.69, 9.17) is 0 Å². The molecule has 0 aliphatic heterocycles. The van der Waals surface area contributed by atoms with E-state index in [9.17, 15) is 4.79 Å². The first-order valence-corrected chi connectivity index (χ1v) is 8.07. The number of rotatable bonds is 7. The lowest BCUT2D eigenvalue weighted by Crippen LogP contribution is -2.43. The highest BCUT2D eigenvalue weighted by Gasteiger charge is 2.19. The van der Waals surface area contributed by atoms with Crippen LogP contribution in [0.15, 0.2) is 30.3 Å². The quantitative estimate of drug-likeness (QED) is 0.824. The molecule has 0 saturated heterocycles. The van der Waals surface area contributed by atoms with Gasteiger partial charge in [0.25, 0.3) is 0 Å². The number of hydrogen-bond acceptors (Lipinski definition) is 2. The summed E-state index contributed by atoms with van der Waals surface area (Å²) in [6.45, 7) is 8.62. The third-order valence-electron chi connectivity index (χ3n) is 3.11. The van der Waals surface area contributed by atoms with Crippen molar-refractivity contribution >= 4 is 17.7 Å². The molecule has 0 aliphatic carbocycles. The Kier molecular flexibility index (Phi) is 7.00. The summed E-state index contributed by atoms with van der Waals surface area (Å²) in [5.74, 6) is 2.52.